The summed E-state index contributed by atoms with van der Waals surface area (Å²) in [6.07, 6.45) is 0. The summed E-state index contributed by atoms with van der Waals surface area (Å²) in [5, 5.41) is 17.1. The summed E-state index contributed by atoms with van der Waals surface area (Å²) in [6.45, 7) is -0.264. The highest BCUT2D eigenvalue weighted by atomic mass is 16.5. The van der Waals surface area contributed by atoms with Gasteiger partial charge in [-0.2, -0.15) is 10.4 Å². The fourth-order valence-electron chi connectivity index (χ4n) is 1.42. The number of rotatable bonds is 4. The molecule has 1 aromatic carbocycles. The van der Waals surface area contributed by atoms with Crippen LogP contribution >= 0.6 is 0 Å². The van der Waals surface area contributed by atoms with Crippen molar-refractivity contribution in [2.75, 3.05) is 11.9 Å². The molecule has 7 heteroatoms. The highest BCUT2D eigenvalue weighted by molar-refractivity contribution is 5.90. The molecular formula is C13H10N4O3. The monoisotopic (exact) mass is 270 g/mol. The Bertz CT molecular complexity index is 698. The van der Waals surface area contributed by atoms with Gasteiger partial charge in [-0.1, -0.05) is 12.1 Å². The molecule has 0 atom stereocenters. The smallest absolute Gasteiger partial charge is 0.264 e. The highest BCUT2D eigenvalue weighted by Gasteiger charge is 2.07. The van der Waals surface area contributed by atoms with Gasteiger partial charge in [0.2, 0.25) is 0 Å². The number of nitrogens with zero attached hydrogens (tertiary/aromatic N) is 2. The molecule has 2 rings (SSSR count). The number of benzene rings is 1. The zero-order valence-electron chi connectivity index (χ0n) is 10.3. The normalized spacial score (nSPS) is 9.55. The number of carbonyl (C=O) groups is 1. The number of anilines is 1. The summed E-state index contributed by atoms with van der Waals surface area (Å²) in [4.78, 5) is 22.4. The Kier molecular flexibility index (Phi) is 4.09. The molecule has 7 nitrogen and oxygen atoms in total. The number of aromatic amines is 1. The third-order valence-corrected chi connectivity index (χ3v) is 2.31. The summed E-state index contributed by atoms with van der Waals surface area (Å²) in [5.74, 6) is 0.101. The lowest BCUT2D eigenvalue weighted by molar-refractivity contribution is -0.118. The molecule has 1 heterocycles. The molecule has 20 heavy (non-hydrogen) atoms. The number of ether oxygens (including phenoxy) is 1. The maximum absolute atomic E-state index is 11.6. The van der Waals surface area contributed by atoms with Crippen molar-refractivity contribution in [3.63, 3.8) is 0 Å². The van der Waals surface area contributed by atoms with Gasteiger partial charge in [-0.25, -0.2) is 5.10 Å². The van der Waals surface area contributed by atoms with Gasteiger partial charge in [0.25, 0.3) is 11.5 Å². The molecule has 0 aliphatic rings. The Hall–Kier alpha value is -3.14. The average molecular weight is 270 g/mol. The van der Waals surface area contributed by atoms with Crippen LogP contribution in [0.5, 0.6) is 5.75 Å². The van der Waals surface area contributed by atoms with Crippen LogP contribution in [0, 0.1) is 11.3 Å². The second kappa shape index (κ2) is 6.15. The number of aromatic nitrogens is 2. The molecule has 2 N–H and O–H groups in total. The van der Waals surface area contributed by atoms with E-state index in [9.17, 15) is 9.59 Å². The van der Waals surface area contributed by atoms with Crippen molar-refractivity contribution < 1.29 is 9.53 Å². The summed E-state index contributed by atoms with van der Waals surface area (Å²) in [6, 6.07) is 11.2. The number of H-pyrrole nitrogens is 1. The summed E-state index contributed by atoms with van der Waals surface area (Å²) in [5.41, 5.74) is -0.00957. The molecule has 1 aromatic heterocycles. The Morgan fingerprint density at radius 3 is 2.85 bits per heavy atom. The lowest BCUT2D eigenvalue weighted by Gasteiger charge is -2.07. The Morgan fingerprint density at radius 1 is 1.35 bits per heavy atom. The van der Waals surface area contributed by atoms with Gasteiger partial charge in [0, 0.05) is 6.07 Å². The molecule has 0 fully saturated rings. The number of amides is 1. The van der Waals surface area contributed by atoms with Crippen LogP contribution in [0.1, 0.15) is 5.56 Å². The van der Waals surface area contributed by atoms with Gasteiger partial charge < -0.3 is 10.1 Å². The molecule has 0 spiro atoms. The van der Waals surface area contributed by atoms with Crippen molar-refractivity contribution in [2.24, 2.45) is 0 Å². The third kappa shape index (κ3) is 3.43. The van der Waals surface area contributed by atoms with Gasteiger partial charge in [0.15, 0.2) is 12.4 Å². The van der Waals surface area contributed by atoms with E-state index in [1.54, 1.807) is 24.3 Å². The minimum Gasteiger partial charge on any atom is -0.482 e. The number of nitriles is 1. The Labute approximate surface area is 113 Å². The maximum Gasteiger partial charge on any atom is 0.264 e. The lowest BCUT2D eigenvalue weighted by atomic mass is 10.2. The zero-order chi connectivity index (χ0) is 14.4. The van der Waals surface area contributed by atoms with Crippen molar-refractivity contribution in [1.82, 2.24) is 10.2 Å². The van der Waals surface area contributed by atoms with Gasteiger partial charge in [0.05, 0.1) is 5.56 Å². The van der Waals surface area contributed by atoms with Crippen molar-refractivity contribution >= 4 is 11.7 Å². The molecule has 2 aromatic rings. The Morgan fingerprint density at radius 2 is 2.15 bits per heavy atom. The average Bonchev–Trinajstić information content (AvgIpc) is 2.48. The van der Waals surface area contributed by atoms with E-state index < -0.39 is 5.91 Å². The Balaban J connectivity index is 1.94. The maximum atomic E-state index is 11.6. The van der Waals surface area contributed by atoms with Crippen LogP contribution in [0.25, 0.3) is 0 Å². The topological polar surface area (TPSA) is 108 Å². The van der Waals surface area contributed by atoms with E-state index in [1.165, 1.54) is 12.1 Å². The van der Waals surface area contributed by atoms with E-state index in [1.807, 2.05) is 6.07 Å². The molecule has 0 saturated carbocycles. The van der Waals surface area contributed by atoms with E-state index in [-0.39, 0.29) is 18.0 Å². The minimum atomic E-state index is -0.447. The predicted molar refractivity (Wildman–Crippen MR) is 70.1 cm³/mol. The quantitative estimate of drug-likeness (QED) is 0.848. The van der Waals surface area contributed by atoms with Gasteiger partial charge >= 0.3 is 0 Å². The van der Waals surface area contributed by atoms with E-state index in [2.05, 4.69) is 15.5 Å². The predicted octanol–water partition coefficient (Wildman–Crippen LogP) is 0.659. The summed E-state index contributed by atoms with van der Waals surface area (Å²) < 4.78 is 5.25. The SMILES string of the molecule is N#Cc1ccccc1OCC(=O)Nc1ccc(=O)[nH]n1. The van der Waals surface area contributed by atoms with Crippen LogP contribution in [0.4, 0.5) is 5.82 Å². The van der Waals surface area contributed by atoms with Gasteiger partial charge in [-0.05, 0) is 18.2 Å². The van der Waals surface area contributed by atoms with Crippen LogP contribution in [0.3, 0.4) is 0 Å². The van der Waals surface area contributed by atoms with Crippen LogP contribution in [0.2, 0.25) is 0 Å². The van der Waals surface area contributed by atoms with Crippen LogP contribution in [0.15, 0.2) is 41.2 Å². The van der Waals surface area contributed by atoms with E-state index in [0.717, 1.165) is 0 Å². The molecule has 0 bridgehead atoms. The van der Waals surface area contributed by atoms with Crippen molar-refractivity contribution in [2.45, 2.75) is 0 Å². The molecule has 1 amide bonds. The molecule has 0 aliphatic heterocycles. The molecule has 100 valence electrons. The number of hydrogen-bond acceptors (Lipinski definition) is 5. The zero-order valence-corrected chi connectivity index (χ0v) is 10.3. The molecule has 0 saturated heterocycles. The molecule has 0 radical (unpaired) electrons. The highest BCUT2D eigenvalue weighted by Crippen LogP contribution is 2.16. The van der Waals surface area contributed by atoms with Gasteiger partial charge in [-0.15, -0.1) is 0 Å². The standard InChI is InChI=1S/C13H10N4O3/c14-7-9-3-1-2-4-10(9)20-8-13(19)15-11-5-6-12(18)17-16-11/h1-6H,8H2,(H,17,18)(H,15,16,19). The fourth-order valence-corrected chi connectivity index (χ4v) is 1.42. The van der Waals surface area contributed by atoms with Gasteiger partial charge in [-0.3, -0.25) is 9.59 Å². The summed E-state index contributed by atoms with van der Waals surface area (Å²) >= 11 is 0. The third-order valence-electron chi connectivity index (χ3n) is 2.31. The minimum absolute atomic E-state index is 0.215. The first-order valence-corrected chi connectivity index (χ1v) is 5.66. The largest absolute Gasteiger partial charge is 0.482 e. The molecule has 0 aliphatic carbocycles. The first-order chi connectivity index (χ1) is 9.69. The van der Waals surface area contributed by atoms with E-state index >= 15 is 0 Å². The number of para-hydroxylation sites is 1. The number of hydrogen-bond donors (Lipinski definition) is 2. The van der Waals surface area contributed by atoms with E-state index in [4.69, 9.17) is 10.00 Å². The van der Waals surface area contributed by atoms with Crippen molar-refractivity contribution in [1.29, 1.82) is 5.26 Å². The van der Waals surface area contributed by atoms with Crippen LogP contribution in [-0.2, 0) is 4.79 Å². The number of nitrogens with one attached hydrogen (secondary N) is 2. The molecule has 0 unspecified atom stereocenters. The first-order valence-electron chi connectivity index (χ1n) is 5.66. The van der Waals surface area contributed by atoms with Crippen LogP contribution < -0.4 is 15.6 Å². The first kappa shape index (κ1) is 13.3. The number of carbonyl (C=O) groups excluding carboxylic acids is 1. The lowest BCUT2D eigenvalue weighted by Crippen LogP contribution is -2.22. The summed E-state index contributed by atoms with van der Waals surface area (Å²) in [7, 11) is 0. The molecular weight excluding hydrogens is 260 g/mol. The van der Waals surface area contributed by atoms with Crippen molar-refractivity contribution in [3.05, 3.63) is 52.3 Å². The van der Waals surface area contributed by atoms with E-state index in [0.29, 0.717) is 11.3 Å². The van der Waals surface area contributed by atoms with Crippen molar-refractivity contribution in [3.8, 4) is 11.8 Å². The fraction of sp³-hybridized carbons (Fsp3) is 0.0769. The van der Waals surface area contributed by atoms with Crippen LogP contribution in [-0.4, -0.2) is 22.7 Å². The van der Waals surface area contributed by atoms with Gasteiger partial charge in [0.1, 0.15) is 11.8 Å². The second-order valence-corrected chi connectivity index (χ2v) is 3.75. The second-order valence-electron chi connectivity index (χ2n) is 3.75.